The molecule has 4 aromatic rings. The standard InChI is InChI=1S/C43H54N8O4S3/c1-6-7-34(49(5)41(54)32(25-44)24-37-45-18-23-56-37)30-11-8-29(9-12-30)10-13-38(52)51-21-16-33(17-22-51)50-19-14-31(15-20-50)40(53)48-42-47-27-39(58-42)57-28-36-46-26-35(55-36)43(2,3)4/h8-9,11-12,18,23-24,26-27,31,33-34H,6-7,10,13-17,19-22,28H2,1-5H3,(H,47,48,53)/b32-24+. The average Bonchev–Trinajstić information content (AvgIpc) is 4.03. The van der Waals surface area contributed by atoms with Gasteiger partial charge in [-0.05, 0) is 68.8 Å². The topological polar surface area (TPSA) is 149 Å². The van der Waals surface area contributed by atoms with Crippen molar-refractivity contribution in [2.75, 3.05) is 38.5 Å². The Morgan fingerprint density at radius 2 is 1.81 bits per heavy atom. The van der Waals surface area contributed by atoms with Gasteiger partial charge < -0.3 is 24.4 Å². The van der Waals surface area contributed by atoms with Gasteiger partial charge in [0.1, 0.15) is 22.4 Å². The highest BCUT2D eigenvalue weighted by atomic mass is 32.2. The lowest BCUT2D eigenvalue weighted by atomic mass is 9.92. The van der Waals surface area contributed by atoms with Gasteiger partial charge in [0.2, 0.25) is 17.7 Å². The van der Waals surface area contributed by atoms with E-state index in [9.17, 15) is 19.6 Å². The third-order valence-corrected chi connectivity index (χ3v) is 13.8. The van der Waals surface area contributed by atoms with Gasteiger partial charge in [0.05, 0.1) is 28.4 Å². The molecule has 2 aliphatic rings. The second-order valence-electron chi connectivity index (χ2n) is 16.1. The van der Waals surface area contributed by atoms with E-state index < -0.39 is 0 Å². The summed E-state index contributed by atoms with van der Waals surface area (Å²) in [5.74, 6) is 2.01. The highest BCUT2D eigenvalue weighted by molar-refractivity contribution is 8.00. The fraction of sp³-hybridized carbons (Fsp3) is 0.512. The first kappa shape index (κ1) is 43.2. The molecule has 3 aromatic heterocycles. The van der Waals surface area contributed by atoms with E-state index in [1.54, 1.807) is 48.4 Å². The molecule has 0 radical (unpaired) electrons. The Morgan fingerprint density at radius 3 is 2.45 bits per heavy atom. The monoisotopic (exact) mass is 842 g/mol. The van der Waals surface area contributed by atoms with Crippen LogP contribution in [0.4, 0.5) is 5.13 Å². The number of oxazole rings is 1. The lowest BCUT2D eigenvalue weighted by Crippen LogP contribution is -2.49. The zero-order valence-corrected chi connectivity index (χ0v) is 36.6. The molecular weight excluding hydrogens is 789 g/mol. The third kappa shape index (κ3) is 11.4. The predicted octanol–water partition coefficient (Wildman–Crippen LogP) is 8.36. The molecule has 12 nitrogen and oxygen atoms in total. The number of nitrogens with one attached hydrogen (secondary N) is 1. The second kappa shape index (κ2) is 20.1. The van der Waals surface area contributed by atoms with Crippen LogP contribution in [0.5, 0.6) is 0 Å². The van der Waals surface area contributed by atoms with E-state index in [4.69, 9.17) is 4.42 Å². The van der Waals surface area contributed by atoms with E-state index in [2.05, 4.69) is 58.9 Å². The first-order chi connectivity index (χ1) is 27.9. The number of benzene rings is 1. The van der Waals surface area contributed by atoms with Crippen LogP contribution in [0.1, 0.15) is 106 Å². The minimum atomic E-state index is -0.325. The summed E-state index contributed by atoms with van der Waals surface area (Å²) in [4.78, 5) is 58.9. The molecule has 308 valence electrons. The number of aryl methyl sites for hydroxylation is 1. The van der Waals surface area contributed by atoms with Crippen molar-refractivity contribution in [3.63, 3.8) is 0 Å². The number of thioether (sulfide) groups is 1. The fourth-order valence-electron chi connectivity index (χ4n) is 7.53. The van der Waals surface area contributed by atoms with E-state index >= 15 is 0 Å². The number of hydrogen-bond acceptors (Lipinski definition) is 12. The zero-order chi connectivity index (χ0) is 41.2. The molecule has 5 heterocycles. The summed E-state index contributed by atoms with van der Waals surface area (Å²) >= 11 is 4.46. The number of carbonyl (C=O) groups excluding carboxylic acids is 3. The summed E-state index contributed by atoms with van der Waals surface area (Å²) in [6.07, 6.45) is 13.0. The molecule has 3 amide bonds. The summed E-state index contributed by atoms with van der Waals surface area (Å²) in [5.41, 5.74) is 2.07. The van der Waals surface area contributed by atoms with Crippen molar-refractivity contribution in [3.8, 4) is 6.07 Å². The molecule has 0 aliphatic carbocycles. The Bertz CT molecular complexity index is 2050. The van der Waals surface area contributed by atoms with E-state index in [-0.39, 0.29) is 40.7 Å². The predicted molar refractivity (Wildman–Crippen MR) is 230 cm³/mol. The van der Waals surface area contributed by atoms with Crippen molar-refractivity contribution in [2.45, 2.75) is 107 Å². The number of carbonyl (C=O) groups is 3. The SMILES string of the molecule is CCCC(c1ccc(CCC(=O)N2CCC(N3CCC(C(=O)Nc4ncc(SCc5ncc(C(C)(C)C)o5)s4)CC3)CC2)cc1)N(C)C(=O)/C(C#N)=C/c1nccs1. The van der Waals surface area contributed by atoms with Crippen molar-refractivity contribution in [1.82, 2.24) is 29.7 Å². The van der Waals surface area contributed by atoms with E-state index in [0.29, 0.717) is 40.7 Å². The molecule has 58 heavy (non-hydrogen) atoms. The minimum Gasteiger partial charge on any atom is -0.444 e. The van der Waals surface area contributed by atoms with Crippen LogP contribution in [0.3, 0.4) is 0 Å². The second-order valence-corrected chi connectivity index (χ2v) is 19.3. The lowest BCUT2D eigenvalue weighted by Gasteiger charge is -2.41. The van der Waals surface area contributed by atoms with Gasteiger partial charge >= 0.3 is 0 Å². The van der Waals surface area contributed by atoms with Crippen LogP contribution < -0.4 is 5.32 Å². The Kier molecular flexibility index (Phi) is 15.0. The van der Waals surface area contributed by atoms with Gasteiger partial charge in [-0.1, -0.05) is 69.7 Å². The van der Waals surface area contributed by atoms with Gasteiger partial charge in [-0.15, -0.1) is 23.1 Å². The Balaban J connectivity index is 0.897. The highest BCUT2D eigenvalue weighted by Crippen LogP contribution is 2.33. The number of aromatic nitrogens is 3. The molecule has 0 saturated carbocycles. The third-order valence-electron chi connectivity index (χ3n) is 11.0. The van der Waals surface area contributed by atoms with Crippen molar-refractivity contribution in [1.29, 1.82) is 5.26 Å². The number of piperidine rings is 2. The molecule has 15 heteroatoms. The van der Waals surface area contributed by atoms with Crippen LogP contribution in [0.15, 0.2) is 62.4 Å². The molecule has 1 atom stereocenters. The van der Waals surface area contributed by atoms with E-state index in [0.717, 1.165) is 85.8 Å². The number of anilines is 1. The number of nitriles is 1. The van der Waals surface area contributed by atoms with Crippen LogP contribution in [0.25, 0.3) is 6.08 Å². The number of likely N-dealkylation sites (tertiary alicyclic amines) is 2. The van der Waals surface area contributed by atoms with Crippen LogP contribution in [-0.2, 0) is 32.0 Å². The van der Waals surface area contributed by atoms with Crippen molar-refractivity contribution in [3.05, 3.63) is 81.6 Å². The van der Waals surface area contributed by atoms with E-state index in [1.807, 2.05) is 34.5 Å². The van der Waals surface area contributed by atoms with Crippen LogP contribution in [-0.4, -0.2) is 86.6 Å². The summed E-state index contributed by atoms with van der Waals surface area (Å²) in [5, 5.41) is 15.8. The van der Waals surface area contributed by atoms with Gasteiger partial charge in [-0.2, -0.15) is 5.26 Å². The molecule has 0 bridgehead atoms. The zero-order valence-electron chi connectivity index (χ0n) is 34.1. The molecular formula is C43H54N8O4S3. The smallest absolute Gasteiger partial charge is 0.264 e. The number of thiazole rings is 2. The number of rotatable bonds is 15. The number of likely N-dealkylation sites (N-methyl/N-ethyl adjacent to an activating group) is 1. The highest BCUT2D eigenvalue weighted by Gasteiger charge is 2.32. The molecule has 0 spiro atoms. The maximum atomic E-state index is 13.3. The van der Waals surface area contributed by atoms with Crippen LogP contribution in [0, 0.1) is 17.2 Å². The molecule has 1 aromatic carbocycles. The maximum Gasteiger partial charge on any atom is 0.264 e. The molecule has 6 rings (SSSR count). The largest absolute Gasteiger partial charge is 0.444 e. The van der Waals surface area contributed by atoms with E-state index in [1.165, 1.54) is 22.7 Å². The van der Waals surface area contributed by atoms with Crippen molar-refractivity contribution >= 4 is 63.4 Å². The van der Waals surface area contributed by atoms with Gasteiger partial charge in [0.25, 0.3) is 5.91 Å². The fourth-order valence-corrected chi connectivity index (χ4v) is 9.83. The quantitative estimate of drug-likeness (QED) is 0.0703. The Labute approximate surface area is 354 Å². The van der Waals surface area contributed by atoms with Crippen molar-refractivity contribution in [2.24, 2.45) is 5.92 Å². The Morgan fingerprint density at radius 1 is 1.07 bits per heavy atom. The summed E-state index contributed by atoms with van der Waals surface area (Å²) in [7, 11) is 1.75. The van der Waals surface area contributed by atoms with Crippen LogP contribution in [0.2, 0.25) is 0 Å². The summed E-state index contributed by atoms with van der Waals surface area (Å²) in [6, 6.07) is 10.5. The van der Waals surface area contributed by atoms with Gasteiger partial charge in [-0.3, -0.25) is 14.4 Å². The molecule has 2 aliphatic heterocycles. The molecule has 1 unspecified atom stereocenters. The number of hydrogen-bond donors (Lipinski definition) is 1. The van der Waals surface area contributed by atoms with Gasteiger partial charge in [0.15, 0.2) is 5.13 Å². The Hall–Kier alpha value is -4.36. The lowest BCUT2D eigenvalue weighted by molar-refractivity contribution is -0.133. The normalized spacial score (nSPS) is 16.6. The first-order valence-electron chi connectivity index (χ1n) is 20.2. The van der Waals surface area contributed by atoms with Gasteiger partial charge in [-0.25, -0.2) is 15.0 Å². The number of nitrogens with zero attached hydrogens (tertiary/aromatic N) is 7. The van der Waals surface area contributed by atoms with Gasteiger partial charge in [0, 0.05) is 55.5 Å². The van der Waals surface area contributed by atoms with Crippen molar-refractivity contribution < 1.29 is 18.8 Å². The first-order valence-corrected chi connectivity index (χ1v) is 22.8. The minimum absolute atomic E-state index is 0.0380. The molecule has 2 saturated heterocycles. The molecule has 2 fully saturated rings. The maximum absolute atomic E-state index is 13.3. The summed E-state index contributed by atoms with van der Waals surface area (Å²) in [6.45, 7) is 11.6. The number of amides is 3. The van der Waals surface area contributed by atoms with Crippen LogP contribution >= 0.6 is 34.4 Å². The molecule has 1 N–H and O–H groups in total. The average molecular weight is 843 g/mol. The summed E-state index contributed by atoms with van der Waals surface area (Å²) < 4.78 is 6.90.